The summed E-state index contributed by atoms with van der Waals surface area (Å²) in [5.41, 5.74) is 2.08. The molecule has 3 aromatic carbocycles. The zero-order valence-corrected chi connectivity index (χ0v) is 18.2. The fourth-order valence-corrected chi connectivity index (χ4v) is 3.95. The van der Waals surface area contributed by atoms with Crippen molar-refractivity contribution in [2.75, 3.05) is 26.1 Å². The quantitative estimate of drug-likeness (QED) is 0.621. The Hall–Kier alpha value is -3.58. The molecule has 0 unspecified atom stereocenters. The Morgan fingerprint density at radius 2 is 1.69 bits per heavy atom. The van der Waals surface area contributed by atoms with Gasteiger partial charge in [-0.2, -0.15) is 0 Å². The van der Waals surface area contributed by atoms with Gasteiger partial charge in [-0.1, -0.05) is 23.7 Å². The molecule has 2 amide bonds. The Labute approximate surface area is 189 Å². The average molecular weight is 455 g/mol. The summed E-state index contributed by atoms with van der Waals surface area (Å²) in [5.74, 6) is -0.304. The van der Waals surface area contributed by atoms with Crippen LogP contribution in [0, 0.1) is 5.82 Å². The zero-order valence-electron chi connectivity index (χ0n) is 17.4. The minimum Gasteiger partial charge on any atom is -0.497 e. The number of hydrogen-bond acceptors (Lipinski definition) is 4. The molecule has 1 heterocycles. The van der Waals surface area contributed by atoms with Crippen LogP contribution in [0.3, 0.4) is 0 Å². The van der Waals surface area contributed by atoms with Gasteiger partial charge in [0.15, 0.2) is 0 Å². The third kappa shape index (κ3) is 4.24. The highest BCUT2D eigenvalue weighted by Crippen LogP contribution is 2.38. The third-order valence-corrected chi connectivity index (χ3v) is 5.49. The van der Waals surface area contributed by atoms with E-state index >= 15 is 0 Å². The predicted octanol–water partition coefficient (Wildman–Crippen LogP) is 4.68. The molecule has 164 valence electrons. The summed E-state index contributed by atoms with van der Waals surface area (Å²) >= 11 is 6.26. The van der Waals surface area contributed by atoms with E-state index in [0.29, 0.717) is 33.3 Å². The van der Waals surface area contributed by atoms with Gasteiger partial charge >= 0.3 is 0 Å². The van der Waals surface area contributed by atoms with Crippen LogP contribution in [0.15, 0.2) is 60.7 Å². The molecule has 0 spiro atoms. The Kier molecular flexibility index (Phi) is 6.01. The van der Waals surface area contributed by atoms with E-state index in [9.17, 15) is 14.0 Å². The molecule has 0 saturated heterocycles. The van der Waals surface area contributed by atoms with Crippen molar-refractivity contribution in [1.29, 1.82) is 0 Å². The van der Waals surface area contributed by atoms with E-state index in [2.05, 4.69) is 5.32 Å². The van der Waals surface area contributed by atoms with Gasteiger partial charge in [-0.3, -0.25) is 9.59 Å². The zero-order chi connectivity index (χ0) is 22.8. The van der Waals surface area contributed by atoms with Gasteiger partial charge in [-0.05, 0) is 48.0 Å². The van der Waals surface area contributed by atoms with Crippen LogP contribution in [0.2, 0.25) is 5.02 Å². The van der Waals surface area contributed by atoms with Crippen molar-refractivity contribution in [3.8, 4) is 11.5 Å². The number of methoxy groups -OCH3 is 2. The number of carbonyl (C=O) groups is 2. The number of rotatable bonds is 4. The third-order valence-electron chi connectivity index (χ3n) is 5.25. The van der Waals surface area contributed by atoms with Crippen LogP contribution < -0.4 is 14.8 Å². The van der Waals surface area contributed by atoms with Gasteiger partial charge in [0.2, 0.25) is 5.91 Å². The number of benzene rings is 3. The molecule has 0 saturated carbocycles. The summed E-state index contributed by atoms with van der Waals surface area (Å²) in [6, 6.07) is 15.0. The first-order valence-electron chi connectivity index (χ1n) is 9.78. The summed E-state index contributed by atoms with van der Waals surface area (Å²) in [5, 5.41) is 3.27. The number of ether oxygens (including phenoxy) is 2. The fourth-order valence-electron chi connectivity index (χ4n) is 3.77. The van der Waals surface area contributed by atoms with Crippen molar-refractivity contribution in [3.05, 3.63) is 88.2 Å². The Bertz CT molecular complexity index is 1160. The van der Waals surface area contributed by atoms with Crippen LogP contribution in [0.5, 0.6) is 11.5 Å². The summed E-state index contributed by atoms with van der Waals surface area (Å²) in [4.78, 5) is 27.8. The number of anilines is 1. The first kappa shape index (κ1) is 21.6. The van der Waals surface area contributed by atoms with Gasteiger partial charge in [-0.15, -0.1) is 0 Å². The fraction of sp³-hybridized carbons (Fsp3) is 0.167. The Balaban J connectivity index is 1.89. The van der Waals surface area contributed by atoms with E-state index in [4.69, 9.17) is 21.1 Å². The van der Waals surface area contributed by atoms with Crippen molar-refractivity contribution in [2.45, 2.75) is 6.04 Å². The first-order valence-corrected chi connectivity index (χ1v) is 10.2. The van der Waals surface area contributed by atoms with Crippen LogP contribution in [0.25, 0.3) is 0 Å². The molecule has 8 heteroatoms. The van der Waals surface area contributed by atoms with Gasteiger partial charge in [-0.25, -0.2) is 4.39 Å². The van der Waals surface area contributed by atoms with Crippen molar-refractivity contribution in [3.63, 3.8) is 0 Å². The molecular formula is C24H20ClFN2O4. The predicted molar refractivity (Wildman–Crippen MR) is 119 cm³/mol. The molecule has 0 fully saturated rings. The number of nitrogens with one attached hydrogen (secondary N) is 1. The molecule has 3 aromatic rings. The molecule has 1 aliphatic heterocycles. The second-order valence-corrected chi connectivity index (χ2v) is 7.70. The van der Waals surface area contributed by atoms with Gasteiger partial charge in [0.05, 0.1) is 20.3 Å². The highest BCUT2D eigenvalue weighted by Gasteiger charge is 2.34. The van der Waals surface area contributed by atoms with E-state index in [1.165, 1.54) is 31.3 Å². The maximum atomic E-state index is 13.7. The van der Waals surface area contributed by atoms with Gasteiger partial charge in [0.25, 0.3) is 5.91 Å². The number of hydrogen-bond donors (Lipinski definition) is 1. The largest absolute Gasteiger partial charge is 0.497 e. The monoisotopic (exact) mass is 454 g/mol. The molecule has 0 aromatic heterocycles. The van der Waals surface area contributed by atoms with E-state index < -0.39 is 17.8 Å². The molecule has 4 rings (SSSR count). The van der Waals surface area contributed by atoms with Crippen molar-refractivity contribution >= 4 is 29.1 Å². The molecule has 0 aliphatic carbocycles. The number of fused-ring (bicyclic) bond motifs is 1. The van der Waals surface area contributed by atoms with Crippen LogP contribution in [-0.4, -0.2) is 37.5 Å². The minimum atomic E-state index is -0.687. The van der Waals surface area contributed by atoms with Gasteiger partial charge in [0.1, 0.15) is 23.9 Å². The highest BCUT2D eigenvalue weighted by atomic mass is 35.5. The Morgan fingerprint density at radius 3 is 2.31 bits per heavy atom. The SMILES string of the molecule is COc1cc(OC)cc(C(=O)N2CC(=O)Nc3ccc(Cl)cc3[C@@H]2c2ccc(F)cc2)c1. The molecule has 32 heavy (non-hydrogen) atoms. The van der Waals surface area contributed by atoms with E-state index in [0.717, 1.165) is 0 Å². The molecule has 0 bridgehead atoms. The first-order chi connectivity index (χ1) is 15.4. The minimum absolute atomic E-state index is 0.216. The Morgan fingerprint density at radius 1 is 1.03 bits per heavy atom. The number of carbonyl (C=O) groups excluding carboxylic acids is 2. The average Bonchev–Trinajstić information content (AvgIpc) is 2.94. The van der Waals surface area contributed by atoms with E-state index in [-0.39, 0.29) is 18.0 Å². The summed E-state index contributed by atoms with van der Waals surface area (Å²) in [6.45, 7) is -0.216. The van der Waals surface area contributed by atoms with Crippen LogP contribution >= 0.6 is 11.6 Å². The highest BCUT2D eigenvalue weighted by molar-refractivity contribution is 6.30. The lowest BCUT2D eigenvalue weighted by molar-refractivity contribution is -0.117. The summed E-state index contributed by atoms with van der Waals surface area (Å²) in [7, 11) is 2.98. The van der Waals surface area contributed by atoms with Gasteiger partial charge in [0, 0.05) is 27.9 Å². The number of halogens is 2. The molecule has 1 atom stereocenters. The smallest absolute Gasteiger partial charge is 0.255 e. The van der Waals surface area contributed by atoms with Crippen molar-refractivity contribution < 1.29 is 23.5 Å². The maximum absolute atomic E-state index is 13.7. The van der Waals surface area contributed by atoms with E-state index in [1.54, 1.807) is 48.5 Å². The molecule has 0 radical (unpaired) electrons. The van der Waals surface area contributed by atoms with Crippen LogP contribution in [0.4, 0.5) is 10.1 Å². The van der Waals surface area contributed by atoms with Crippen molar-refractivity contribution in [1.82, 2.24) is 4.90 Å². The molecule has 1 N–H and O–H groups in total. The normalized spacial score (nSPS) is 15.4. The van der Waals surface area contributed by atoms with Crippen molar-refractivity contribution in [2.24, 2.45) is 0 Å². The molecular weight excluding hydrogens is 435 g/mol. The van der Waals surface area contributed by atoms with Crippen LogP contribution in [0.1, 0.15) is 27.5 Å². The van der Waals surface area contributed by atoms with Crippen LogP contribution in [-0.2, 0) is 4.79 Å². The summed E-state index contributed by atoms with van der Waals surface area (Å²) < 4.78 is 24.2. The lowest BCUT2D eigenvalue weighted by atomic mass is 9.95. The second kappa shape index (κ2) is 8.88. The van der Waals surface area contributed by atoms with Gasteiger partial charge < -0.3 is 19.7 Å². The lowest BCUT2D eigenvalue weighted by Crippen LogP contribution is -2.39. The maximum Gasteiger partial charge on any atom is 0.255 e. The standard InChI is InChI=1S/C24H20ClFN2O4/c1-31-18-9-15(10-19(12-18)32-2)24(30)28-13-22(29)27-21-8-5-16(25)11-20(21)23(28)14-3-6-17(26)7-4-14/h3-12,23H,13H2,1-2H3,(H,27,29)/t23-/m0/s1. The number of nitrogens with zero attached hydrogens (tertiary/aromatic N) is 1. The topological polar surface area (TPSA) is 67.9 Å². The second-order valence-electron chi connectivity index (χ2n) is 7.27. The molecule has 6 nitrogen and oxygen atoms in total. The lowest BCUT2D eigenvalue weighted by Gasteiger charge is -2.31. The molecule has 1 aliphatic rings. The number of amides is 2. The summed E-state index contributed by atoms with van der Waals surface area (Å²) in [6.07, 6.45) is 0. The van der Waals surface area contributed by atoms with E-state index in [1.807, 2.05) is 0 Å².